The summed E-state index contributed by atoms with van der Waals surface area (Å²) in [6, 6.07) is 0.413. The molecule has 0 bridgehead atoms. The van der Waals surface area contributed by atoms with Crippen molar-refractivity contribution in [1.82, 2.24) is 5.32 Å². The molecule has 1 aliphatic rings. The van der Waals surface area contributed by atoms with Crippen LogP contribution in [0, 0.1) is 12.3 Å². The average molecular weight is 181 g/mol. The Morgan fingerprint density at radius 1 is 1.62 bits per heavy atom. The molecular formula is C11H19NO. The Morgan fingerprint density at radius 2 is 2.46 bits per heavy atom. The minimum Gasteiger partial charge on any atom is -0.377 e. The molecule has 1 heterocycles. The molecule has 1 fully saturated rings. The van der Waals surface area contributed by atoms with Crippen molar-refractivity contribution >= 4 is 0 Å². The molecule has 0 aromatic rings. The second-order valence-corrected chi connectivity index (χ2v) is 3.71. The van der Waals surface area contributed by atoms with Crippen LogP contribution < -0.4 is 5.32 Å². The van der Waals surface area contributed by atoms with E-state index in [0.717, 1.165) is 19.6 Å². The summed E-state index contributed by atoms with van der Waals surface area (Å²) < 4.78 is 5.59. The van der Waals surface area contributed by atoms with E-state index in [9.17, 15) is 0 Å². The van der Waals surface area contributed by atoms with Gasteiger partial charge in [-0.3, -0.25) is 0 Å². The largest absolute Gasteiger partial charge is 0.377 e. The molecule has 2 unspecified atom stereocenters. The van der Waals surface area contributed by atoms with E-state index in [-0.39, 0.29) is 0 Å². The highest BCUT2D eigenvalue weighted by Gasteiger charge is 2.13. The Balaban J connectivity index is 2.07. The lowest BCUT2D eigenvalue weighted by atomic mass is 10.1. The van der Waals surface area contributed by atoms with Crippen molar-refractivity contribution in [3.63, 3.8) is 0 Å². The zero-order chi connectivity index (χ0) is 9.52. The van der Waals surface area contributed by atoms with E-state index in [1.165, 1.54) is 19.3 Å². The van der Waals surface area contributed by atoms with E-state index in [1.54, 1.807) is 0 Å². The molecule has 74 valence electrons. The third-order valence-electron chi connectivity index (χ3n) is 2.39. The number of terminal acetylenes is 1. The number of ether oxygens (including phenoxy) is 1. The van der Waals surface area contributed by atoms with Crippen LogP contribution in [-0.4, -0.2) is 25.3 Å². The number of rotatable bonds is 4. The molecule has 2 atom stereocenters. The van der Waals surface area contributed by atoms with Crippen molar-refractivity contribution in [3.05, 3.63) is 0 Å². The maximum atomic E-state index is 5.59. The Kier molecular flexibility index (Phi) is 4.88. The molecule has 0 aromatic carbocycles. The maximum absolute atomic E-state index is 5.59. The Labute approximate surface area is 81.0 Å². The fraction of sp³-hybridized carbons (Fsp3) is 0.818. The molecule has 0 aromatic heterocycles. The lowest BCUT2D eigenvalue weighted by Crippen LogP contribution is -2.36. The van der Waals surface area contributed by atoms with Crippen molar-refractivity contribution in [2.24, 2.45) is 0 Å². The Morgan fingerprint density at radius 3 is 3.08 bits per heavy atom. The average Bonchev–Trinajstić information content (AvgIpc) is 2.17. The van der Waals surface area contributed by atoms with Crippen molar-refractivity contribution in [1.29, 1.82) is 0 Å². The molecule has 1 aliphatic heterocycles. The first kappa shape index (κ1) is 10.6. The van der Waals surface area contributed by atoms with Gasteiger partial charge in [0.1, 0.15) is 0 Å². The first-order chi connectivity index (χ1) is 6.33. The topological polar surface area (TPSA) is 21.3 Å². The van der Waals surface area contributed by atoms with E-state index in [4.69, 9.17) is 11.2 Å². The molecule has 0 aliphatic carbocycles. The van der Waals surface area contributed by atoms with E-state index in [2.05, 4.69) is 18.2 Å². The van der Waals surface area contributed by atoms with Crippen LogP contribution in [-0.2, 0) is 4.74 Å². The van der Waals surface area contributed by atoms with Gasteiger partial charge in [-0.1, -0.05) is 0 Å². The predicted molar refractivity (Wildman–Crippen MR) is 54.5 cm³/mol. The molecule has 1 rings (SSSR count). The molecule has 13 heavy (non-hydrogen) atoms. The second-order valence-electron chi connectivity index (χ2n) is 3.71. The monoisotopic (exact) mass is 181 g/mol. The molecule has 2 heteroatoms. The van der Waals surface area contributed by atoms with E-state index < -0.39 is 0 Å². The van der Waals surface area contributed by atoms with Gasteiger partial charge in [-0.25, -0.2) is 0 Å². The minimum atomic E-state index is 0.411. The highest BCUT2D eigenvalue weighted by molar-refractivity contribution is 4.88. The Hall–Kier alpha value is -0.520. The summed E-state index contributed by atoms with van der Waals surface area (Å²) in [5.74, 6) is 2.65. The van der Waals surface area contributed by atoms with Gasteiger partial charge in [-0.15, -0.1) is 12.3 Å². The van der Waals surface area contributed by atoms with Gasteiger partial charge in [0.15, 0.2) is 0 Å². The number of nitrogens with one attached hydrogen (secondary N) is 1. The first-order valence-electron chi connectivity index (χ1n) is 5.11. The predicted octanol–water partition coefficient (Wildman–Crippen LogP) is 1.56. The number of hydrogen-bond acceptors (Lipinski definition) is 2. The van der Waals surface area contributed by atoms with Crippen LogP contribution in [0.4, 0.5) is 0 Å². The fourth-order valence-electron chi connectivity index (χ4n) is 1.55. The SMILES string of the molecule is C#CCC(C)NCC1CCCCO1. The lowest BCUT2D eigenvalue weighted by Gasteiger charge is -2.24. The molecule has 2 nitrogen and oxygen atoms in total. The van der Waals surface area contributed by atoms with Gasteiger partial charge in [-0.05, 0) is 26.2 Å². The van der Waals surface area contributed by atoms with Crippen molar-refractivity contribution in [2.45, 2.75) is 44.8 Å². The van der Waals surface area contributed by atoms with Gasteiger partial charge in [0, 0.05) is 25.6 Å². The third kappa shape index (κ3) is 4.31. The van der Waals surface area contributed by atoms with Crippen molar-refractivity contribution < 1.29 is 4.74 Å². The molecule has 0 amide bonds. The third-order valence-corrected chi connectivity index (χ3v) is 2.39. The number of hydrogen-bond donors (Lipinski definition) is 1. The summed E-state index contributed by atoms with van der Waals surface area (Å²) in [4.78, 5) is 0. The van der Waals surface area contributed by atoms with Gasteiger partial charge < -0.3 is 10.1 Å². The second kappa shape index (κ2) is 6.01. The van der Waals surface area contributed by atoms with Crippen LogP contribution in [0.2, 0.25) is 0 Å². The van der Waals surface area contributed by atoms with Crippen LogP contribution in [0.3, 0.4) is 0 Å². The first-order valence-corrected chi connectivity index (χ1v) is 5.11. The maximum Gasteiger partial charge on any atom is 0.0699 e. The zero-order valence-corrected chi connectivity index (χ0v) is 8.38. The Bertz CT molecular complexity index is 167. The standard InChI is InChI=1S/C11H19NO/c1-3-6-10(2)12-9-11-7-4-5-8-13-11/h1,10-12H,4-9H2,2H3. The van der Waals surface area contributed by atoms with E-state index in [0.29, 0.717) is 12.1 Å². The van der Waals surface area contributed by atoms with E-state index in [1.807, 2.05) is 0 Å². The van der Waals surface area contributed by atoms with Crippen LogP contribution in [0.15, 0.2) is 0 Å². The molecule has 1 saturated heterocycles. The lowest BCUT2D eigenvalue weighted by molar-refractivity contribution is 0.0157. The molecular weight excluding hydrogens is 162 g/mol. The summed E-state index contributed by atoms with van der Waals surface area (Å²) in [5.41, 5.74) is 0. The molecule has 0 radical (unpaired) electrons. The zero-order valence-electron chi connectivity index (χ0n) is 8.38. The smallest absolute Gasteiger partial charge is 0.0699 e. The van der Waals surface area contributed by atoms with Crippen molar-refractivity contribution in [2.75, 3.05) is 13.2 Å². The fourth-order valence-corrected chi connectivity index (χ4v) is 1.55. The quantitative estimate of drug-likeness (QED) is 0.664. The van der Waals surface area contributed by atoms with Gasteiger partial charge in [-0.2, -0.15) is 0 Å². The summed E-state index contributed by atoms with van der Waals surface area (Å²) in [5, 5.41) is 3.39. The van der Waals surface area contributed by atoms with Gasteiger partial charge in [0.05, 0.1) is 6.10 Å². The molecule has 1 N–H and O–H groups in total. The normalized spacial score (nSPS) is 25.1. The van der Waals surface area contributed by atoms with Crippen LogP contribution >= 0.6 is 0 Å². The molecule has 0 spiro atoms. The minimum absolute atomic E-state index is 0.411. The van der Waals surface area contributed by atoms with Gasteiger partial charge >= 0.3 is 0 Å². The van der Waals surface area contributed by atoms with E-state index >= 15 is 0 Å². The van der Waals surface area contributed by atoms with Crippen LogP contribution in [0.5, 0.6) is 0 Å². The van der Waals surface area contributed by atoms with Gasteiger partial charge in [0.2, 0.25) is 0 Å². The summed E-state index contributed by atoms with van der Waals surface area (Å²) in [6.45, 7) is 3.99. The molecule has 0 saturated carbocycles. The summed E-state index contributed by atoms with van der Waals surface area (Å²) in [7, 11) is 0. The summed E-state index contributed by atoms with van der Waals surface area (Å²) in [6.07, 6.45) is 10.1. The van der Waals surface area contributed by atoms with Gasteiger partial charge in [0.25, 0.3) is 0 Å². The highest BCUT2D eigenvalue weighted by atomic mass is 16.5. The summed E-state index contributed by atoms with van der Waals surface area (Å²) >= 11 is 0. The van der Waals surface area contributed by atoms with Crippen molar-refractivity contribution in [3.8, 4) is 12.3 Å². The van der Waals surface area contributed by atoms with Crippen LogP contribution in [0.1, 0.15) is 32.6 Å². The highest BCUT2D eigenvalue weighted by Crippen LogP contribution is 2.11. The van der Waals surface area contributed by atoms with Crippen LogP contribution in [0.25, 0.3) is 0 Å².